The Kier molecular flexibility index (Phi) is 8.63. The number of thioether (sulfide) groups is 1. The molecule has 2 aromatic rings. The Bertz CT molecular complexity index is 936. The fourth-order valence-electron chi connectivity index (χ4n) is 3.68. The third-order valence-electron chi connectivity index (χ3n) is 5.49. The largest absolute Gasteiger partial charge is 0.352 e. The summed E-state index contributed by atoms with van der Waals surface area (Å²) in [6.07, 6.45) is 4.63. The number of carbonyl (C=O) groups excluding carboxylic acids is 2. The fourth-order valence-corrected chi connectivity index (χ4v) is 4.81. The zero-order valence-corrected chi connectivity index (χ0v) is 20.0. The van der Waals surface area contributed by atoms with Crippen molar-refractivity contribution in [2.24, 2.45) is 5.92 Å². The van der Waals surface area contributed by atoms with E-state index in [4.69, 9.17) is 23.2 Å². The number of nitrogens with zero attached hydrogens (tertiary/aromatic N) is 3. The fraction of sp³-hybridized carbons (Fsp3) is 0.524. The van der Waals surface area contributed by atoms with Gasteiger partial charge in [0.2, 0.25) is 5.91 Å². The molecule has 0 aliphatic heterocycles. The number of halogens is 2. The van der Waals surface area contributed by atoms with E-state index in [0.717, 1.165) is 6.42 Å². The van der Waals surface area contributed by atoms with Crippen molar-refractivity contribution in [3.05, 3.63) is 39.6 Å². The van der Waals surface area contributed by atoms with E-state index in [9.17, 15) is 9.59 Å². The molecule has 0 bridgehead atoms. The van der Waals surface area contributed by atoms with Gasteiger partial charge in [0.05, 0.1) is 22.3 Å². The van der Waals surface area contributed by atoms with E-state index in [-0.39, 0.29) is 30.2 Å². The molecule has 1 fully saturated rings. The number of hydrogen-bond acceptors (Lipinski definition) is 5. The molecule has 168 valence electrons. The van der Waals surface area contributed by atoms with E-state index in [0.29, 0.717) is 39.1 Å². The number of aromatic nitrogens is 3. The third kappa shape index (κ3) is 6.37. The van der Waals surface area contributed by atoms with Crippen LogP contribution >= 0.6 is 35.0 Å². The van der Waals surface area contributed by atoms with Gasteiger partial charge in [0.1, 0.15) is 0 Å². The van der Waals surface area contributed by atoms with Crippen LogP contribution in [-0.2, 0) is 17.9 Å². The lowest BCUT2D eigenvalue weighted by molar-refractivity contribution is -0.119. The molecule has 0 spiro atoms. The van der Waals surface area contributed by atoms with Crippen LogP contribution in [0.15, 0.2) is 23.4 Å². The number of nitrogens with one attached hydrogen (secondary N) is 2. The maximum absolute atomic E-state index is 12.4. The SMILES string of the molecule is CCn1c(CNC(=O)c2ccc(Cl)c(Cl)c2)nnc1SCC(=O)N[C@H]1CCCC[C@H]1C. The Morgan fingerprint density at radius 2 is 1.97 bits per heavy atom. The molecule has 1 aliphatic carbocycles. The predicted molar refractivity (Wildman–Crippen MR) is 124 cm³/mol. The summed E-state index contributed by atoms with van der Waals surface area (Å²) in [5.74, 6) is 1.17. The molecule has 1 saturated carbocycles. The van der Waals surface area contributed by atoms with E-state index < -0.39 is 0 Å². The Labute approximate surface area is 196 Å². The highest BCUT2D eigenvalue weighted by Crippen LogP contribution is 2.25. The van der Waals surface area contributed by atoms with E-state index in [2.05, 4.69) is 27.8 Å². The maximum Gasteiger partial charge on any atom is 0.251 e. The van der Waals surface area contributed by atoms with Crippen molar-refractivity contribution in [2.75, 3.05) is 5.75 Å². The quantitative estimate of drug-likeness (QED) is 0.545. The molecule has 2 N–H and O–H groups in total. The van der Waals surface area contributed by atoms with Gasteiger partial charge in [-0.25, -0.2) is 0 Å². The highest BCUT2D eigenvalue weighted by Gasteiger charge is 2.23. The standard InChI is InChI=1S/C21H27Cl2N5O2S/c1-3-28-18(11-24-20(30)14-8-9-15(22)16(23)10-14)26-27-21(28)31-12-19(29)25-17-7-5-4-6-13(17)2/h8-10,13,17H,3-7,11-12H2,1-2H3,(H,24,30)(H,25,29)/t13-,17+/m1/s1. The number of amides is 2. The van der Waals surface area contributed by atoms with Gasteiger partial charge in [-0.1, -0.05) is 54.7 Å². The number of hydrogen-bond donors (Lipinski definition) is 2. The minimum Gasteiger partial charge on any atom is -0.352 e. The molecule has 0 unspecified atom stereocenters. The molecule has 1 aliphatic rings. The van der Waals surface area contributed by atoms with Gasteiger partial charge in [-0.2, -0.15) is 0 Å². The highest BCUT2D eigenvalue weighted by molar-refractivity contribution is 7.99. The van der Waals surface area contributed by atoms with Crippen molar-refractivity contribution in [3.63, 3.8) is 0 Å². The van der Waals surface area contributed by atoms with Crippen LogP contribution < -0.4 is 10.6 Å². The molecule has 3 rings (SSSR count). The number of rotatable bonds is 8. The first kappa shape index (κ1) is 23.9. The second-order valence-electron chi connectivity index (χ2n) is 7.68. The summed E-state index contributed by atoms with van der Waals surface area (Å²) in [6, 6.07) is 4.98. The summed E-state index contributed by atoms with van der Waals surface area (Å²) in [6.45, 7) is 5.02. The van der Waals surface area contributed by atoms with Crippen LogP contribution in [0.4, 0.5) is 0 Å². The summed E-state index contributed by atoms with van der Waals surface area (Å²) in [4.78, 5) is 24.8. The molecular weight excluding hydrogens is 457 g/mol. The number of benzene rings is 1. The molecule has 10 heteroatoms. The van der Waals surface area contributed by atoms with Crippen molar-refractivity contribution in [1.82, 2.24) is 25.4 Å². The van der Waals surface area contributed by atoms with E-state index in [1.165, 1.54) is 37.1 Å². The molecule has 1 heterocycles. The van der Waals surface area contributed by atoms with Gasteiger partial charge in [0, 0.05) is 18.2 Å². The molecule has 1 aromatic carbocycles. The zero-order valence-electron chi connectivity index (χ0n) is 17.7. The van der Waals surface area contributed by atoms with E-state index >= 15 is 0 Å². The summed E-state index contributed by atoms with van der Waals surface area (Å²) in [5, 5.41) is 15.7. The van der Waals surface area contributed by atoms with Crippen LogP contribution in [0.1, 0.15) is 55.7 Å². The van der Waals surface area contributed by atoms with Crippen LogP contribution in [0.2, 0.25) is 10.0 Å². The molecule has 1 aromatic heterocycles. The molecule has 2 atom stereocenters. The second kappa shape index (κ2) is 11.2. The van der Waals surface area contributed by atoms with Crippen molar-refractivity contribution in [1.29, 1.82) is 0 Å². The van der Waals surface area contributed by atoms with Gasteiger partial charge in [-0.15, -0.1) is 10.2 Å². The van der Waals surface area contributed by atoms with Gasteiger partial charge < -0.3 is 15.2 Å². The van der Waals surface area contributed by atoms with Gasteiger partial charge in [0.15, 0.2) is 11.0 Å². The van der Waals surface area contributed by atoms with Crippen molar-refractivity contribution >= 4 is 46.8 Å². The van der Waals surface area contributed by atoms with Crippen LogP contribution in [0.5, 0.6) is 0 Å². The van der Waals surface area contributed by atoms with Crippen LogP contribution in [0, 0.1) is 5.92 Å². The minimum absolute atomic E-state index is 0.0175. The predicted octanol–water partition coefficient (Wildman–Crippen LogP) is 4.32. The van der Waals surface area contributed by atoms with Crippen LogP contribution in [-0.4, -0.2) is 38.4 Å². The first-order valence-corrected chi connectivity index (χ1v) is 12.2. The average molecular weight is 484 g/mol. The van der Waals surface area contributed by atoms with E-state index in [1.807, 2.05) is 11.5 Å². The lowest BCUT2D eigenvalue weighted by Crippen LogP contribution is -2.41. The molecular formula is C21H27Cl2N5O2S. The van der Waals surface area contributed by atoms with Crippen molar-refractivity contribution in [3.8, 4) is 0 Å². The third-order valence-corrected chi connectivity index (χ3v) is 7.19. The first-order valence-electron chi connectivity index (χ1n) is 10.5. The smallest absolute Gasteiger partial charge is 0.251 e. The van der Waals surface area contributed by atoms with Gasteiger partial charge in [-0.05, 0) is 43.9 Å². The van der Waals surface area contributed by atoms with Gasteiger partial charge in [-0.3, -0.25) is 9.59 Å². The van der Waals surface area contributed by atoms with Crippen LogP contribution in [0.3, 0.4) is 0 Å². The van der Waals surface area contributed by atoms with Gasteiger partial charge in [0.25, 0.3) is 5.91 Å². The Morgan fingerprint density at radius 3 is 2.68 bits per heavy atom. The Balaban J connectivity index is 1.54. The highest BCUT2D eigenvalue weighted by atomic mass is 35.5. The Hall–Kier alpha value is -1.77. The monoisotopic (exact) mass is 483 g/mol. The average Bonchev–Trinajstić information content (AvgIpc) is 3.16. The number of carbonyl (C=O) groups is 2. The molecule has 31 heavy (non-hydrogen) atoms. The topological polar surface area (TPSA) is 88.9 Å². The minimum atomic E-state index is -0.278. The normalized spacial score (nSPS) is 18.6. The van der Waals surface area contributed by atoms with E-state index in [1.54, 1.807) is 12.1 Å². The summed E-state index contributed by atoms with van der Waals surface area (Å²) >= 11 is 13.2. The molecule has 0 saturated heterocycles. The van der Waals surface area contributed by atoms with Gasteiger partial charge >= 0.3 is 0 Å². The molecule has 0 radical (unpaired) electrons. The lowest BCUT2D eigenvalue weighted by Gasteiger charge is -2.29. The lowest BCUT2D eigenvalue weighted by atomic mass is 9.86. The summed E-state index contributed by atoms with van der Waals surface area (Å²) in [5.41, 5.74) is 0.417. The zero-order chi connectivity index (χ0) is 22.4. The van der Waals surface area contributed by atoms with Crippen LogP contribution in [0.25, 0.3) is 0 Å². The Morgan fingerprint density at radius 1 is 1.19 bits per heavy atom. The summed E-state index contributed by atoms with van der Waals surface area (Å²) < 4.78 is 1.90. The summed E-state index contributed by atoms with van der Waals surface area (Å²) in [7, 11) is 0. The molecule has 2 amide bonds. The first-order chi connectivity index (χ1) is 14.9. The van der Waals surface area contributed by atoms with Crippen molar-refractivity contribution < 1.29 is 9.59 Å². The van der Waals surface area contributed by atoms with Crippen molar-refractivity contribution in [2.45, 2.75) is 63.8 Å². The molecule has 7 nitrogen and oxygen atoms in total. The maximum atomic E-state index is 12.4. The second-order valence-corrected chi connectivity index (χ2v) is 9.44.